The molecule has 0 heterocycles. The maximum absolute atomic E-state index is 11.3. The van der Waals surface area contributed by atoms with Crippen molar-refractivity contribution in [3.63, 3.8) is 0 Å². The predicted octanol–water partition coefficient (Wildman–Crippen LogP) is 1.71. The van der Waals surface area contributed by atoms with Crippen LogP contribution in [0.5, 0.6) is 5.75 Å². The van der Waals surface area contributed by atoms with E-state index in [0.717, 1.165) is 10.9 Å². The Bertz CT molecular complexity index is 333. The number of nitrogens with two attached hydrogens (primary N) is 1. The molecule has 0 atom stereocenters. The summed E-state index contributed by atoms with van der Waals surface area (Å²) in [5.74, 6) is 0.550. The fourth-order valence-electron chi connectivity index (χ4n) is 1.06. The standard InChI is InChI=1S/C11H15BrN2O2.ClH/c12-9-2-4-10(5-3-9)16-8-11(15)14-7-1-6-13;/h2-5H,1,6-8,13H2,(H,14,15);1H. The molecule has 4 nitrogen and oxygen atoms in total. The molecule has 0 spiro atoms. The topological polar surface area (TPSA) is 64.3 Å². The number of carbonyl (C=O) groups is 1. The largest absolute Gasteiger partial charge is 0.484 e. The molecule has 96 valence electrons. The number of carbonyl (C=O) groups excluding carboxylic acids is 1. The van der Waals surface area contributed by atoms with Gasteiger partial charge in [0.05, 0.1) is 0 Å². The summed E-state index contributed by atoms with van der Waals surface area (Å²) >= 11 is 3.32. The normalized spacial score (nSPS) is 9.29. The van der Waals surface area contributed by atoms with Gasteiger partial charge >= 0.3 is 0 Å². The lowest BCUT2D eigenvalue weighted by Crippen LogP contribution is -2.30. The number of hydrogen-bond acceptors (Lipinski definition) is 3. The molecule has 1 rings (SSSR count). The molecule has 0 aliphatic rings. The minimum absolute atomic E-state index is 0. The van der Waals surface area contributed by atoms with Crippen LogP contribution >= 0.6 is 28.3 Å². The second-order valence-corrected chi connectivity index (χ2v) is 4.15. The van der Waals surface area contributed by atoms with Gasteiger partial charge in [-0.2, -0.15) is 0 Å². The van der Waals surface area contributed by atoms with Crippen molar-refractivity contribution in [3.8, 4) is 5.75 Å². The summed E-state index contributed by atoms with van der Waals surface area (Å²) in [7, 11) is 0. The highest BCUT2D eigenvalue weighted by Gasteiger charge is 2.01. The summed E-state index contributed by atoms with van der Waals surface area (Å²) in [6.45, 7) is 1.21. The lowest BCUT2D eigenvalue weighted by Gasteiger charge is -2.06. The van der Waals surface area contributed by atoms with Crippen LogP contribution < -0.4 is 15.8 Å². The smallest absolute Gasteiger partial charge is 0.257 e. The number of nitrogens with one attached hydrogen (secondary N) is 1. The number of hydrogen-bond donors (Lipinski definition) is 2. The van der Waals surface area contributed by atoms with Crippen LogP contribution in [0.4, 0.5) is 0 Å². The van der Waals surface area contributed by atoms with Crippen molar-refractivity contribution in [1.82, 2.24) is 5.32 Å². The van der Waals surface area contributed by atoms with Gasteiger partial charge in [0, 0.05) is 11.0 Å². The van der Waals surface area contributed by atoms with Crippen molar-refractivity contribution in [3.05, 3.63) is 28.7 Å². The second kappa shape index (κ2) is 9.27. The fraction of sp³-hybridized carbons (Fsp3) is 0.364. The first kappa shape index (κ1) is 16.2. The monoisotopic (exact) mass is 322 g/mol. The molecule has 1 aromatic carbocycles. The maximum Gasteiger partial charge on any atom is 0.257 e. The van der Waals surface area contributed by atoms with Crippen molar-refractivity contribution in [2.45, 2.75) is 6.42 Å². The highest BCUT2D eigenvalue weighted by atomic mass is 79.9. The van der Waals surface area contributed by atoms with Gasteiger partial charge in [0.15, 0.2) is 6.61 Å². The Labute approximate surface area is 115 Å². The van der Waals surface area contributed by atoms with Gasteiger partial charge < -0.3 is 15.8 Å². The number of rotatable bonds is 6. The van der Waals surface area contributed by atoms with Gasteiger partial charge in [-0.1, -0.05) is 15.9 Å². The Kier molecular flexibility index (Phi) is 8.85. The van der Waals surface area contributed by atoms with E-state index in [1.807, 2.05) is 12.1 Å². The van der Waals surface area contributed by atoms with Crippen LogP contribution in [0.25, 0.3) is 0 Å². The van der Waals surface area contributed by atoms with Crippen LogP contribution in [0.1, 0.15) is 6.42 Å². The molecule has 0 aliphatic heterocycles. The molecule has 3 N–H and O–H groups in total. The third-order valence-electron chi connectivity index (χ3n) is 1.89. The van der Waals surface area contributed by atoms with Crippen LogP contribution in [0.15, 0.2) is 28.7 Å². The van der Waals surface area contributed by atoms with Gasteiger partial charge in [0.1, 0.15) is 5.75 Å². The van der Waals surface area contributed by atoms with Crippen molar-refractivity contribution in [1.29, 1.82) is 0 Å². The summed E-state index contributed by atoms with van der Waals surface area (Å²) in [5.41, 5.74) is 5.31. The summed E-state index contributed by atoms with van der Waals surface area (Å²) in [6, 6.07) is 7.33. The third kappa shape index (κ3) is 7.20. The zero-order chi connectivity index (χ0) is 11.8. The van der Waals surface area contributed by atoms with E-state index >= 15 is 0 Å². The van der Waals surface area contributed by atoms with E-state index in [0.29, 0.717) is 18.8 Å². The lowest BCUT2D eigenvalue weighted by molar-refractivity contribution is -0.123. The van der Waals surface area contributed by atoms with Gasteiger partial charge in [0.2, 0.25) is 0 Å². The van der Waals surface area contributed by atoms with Crippen LogP contribution in [-0.4, -0.2) is 25.6 Å². The lowest BCUT2D eigenvalue weighted by atomic mass is 10.3. The Morgan fingerprint density at radius 2 is 2.00 bits per heavy atom. The van der Waals surface area contributed by atoms with E-state index in [1.54, 1.807) is 12.1 Å². The highest BCUT2D eigenvalue weighted by molar-refractivity contribution is 9.10. The summed E-state index contributed by atoms with van der Waals surface area (Å²) in [5, 5.41) is 2.71. The summed E-state index contributed by atoms with van der Waals surface area (Å²) in [4.78, 5) is 11.3. The van der Waals surface area contributed by atoms with Gasteiger partial charge in [0.25, 0.3) is 5.91 Å². The molecule has 0 saturated carbocycles. The molecule has 0 aromatic heterocycles. The molecular weight excluding hydrogens is 307 g/mol. The quantitative estimate of drug-likeness (QED) is 0.783. The Morgan fingerprint density at radius 3 is 2.59 bits per heavy atom. The maximum atomic E-state index is 11.3. The second-order valence-electron chi connectivity index (χ2n) is 3.23. The summed E-state index contributed by atoms with van der Waals surface area (Å²) in [6.07, 6.45) is 0.782. The number of benzene rings is 1. The molecule has 17 heavy (non-hydrogen) atoms. The molecule has 0 bridgehead atoms. The summed E-state index contributed by atoms with van der Waals surface area (Å²) < 4.78 is 6.27. The molecule has 0 unspecified atom stereocenters. The SMILES string of the molecule is Cl.NCCCNC(=O)COc1ccc(Br)cc1. The van der Waals surface area contributed by atoms with Gasteiger partial charge in [-0.15, -0.1) is 12.4 Å². The Morgan fingerprint density at radius 1 is 1.35 bits per heavy atom. The van der Waals surface area contributed by atoms with E-state index in [2.05, 4.69) is 21.2 Å². The first-order valence-corrected chi connectivity index (χ1v) is 5.87. The zero-order valence-corrected chi connectivity index (χ0v) is 11.7. The predicted molar refractivity (Wildman–Crippen MR) is 73.6 cm³/mol. The fourth-order valence-corrected chi connectivity index (χ4v) is 1.32. The molecule has 0 radical (unpaired) electrons. The molecule has 0 aliphatic carbocycles. The van der Waals surface area contributed by atoms with Gasteiger partial charge in [-0.3, -0.25) is 4.79 Å². The molecule has 6 heteroatoms. The van der Waals surface area contributed by atoms with Gasteiger partial charge in [-0.25, -0.2) is 0 Å². The Balaban J connectivity index is 0.00000256. The number of halogens is 2. The van der Waals surface area contributed by atoms with Crippen molar-refractivity contribution in [2.75, 3.05) is 19.7 Å². The number of amides is 1. The molecule has 0 saturated heterocycles. The first-order valence-electron chi connectivity index (χ1n) is 5.07. The van der Waals surface area contributed by atoms with Crippen LogP contribution in [0, 0.1) is 0 Å². The van der Waals surface area contributed by atoms with E-state index in [1.165, 1.54) is 0 Å². The zero-order valence-electron chi connectivity index (χ0n) is 9.32. The van der Waals surface area contributed by atoms with E-state index in [9.17, 15) is 4.79 Å². The van der Waals surface area contributed by atoms with E-state index < -0.39 is 0 Å². The van der Waals surface area contributed by atoms with Crippen molar-refractivity contribution >= 4 is 34.2 Å². The highest BCUT2D eigenvalue weighted by Crippen LogP contribution is 2.15. The average molecular weight is 324 g/mol. The minimum Gasteiger partial charge on any atom is -0.484 e. The van der Waals surface area contributed by atoms with Crippen LogP contribution in [0.3, 0.4) is 0 Å². The molecule has 1 amide bonds. The van der Waals surface area contributed by atoms with Crippen molar-refractivity contribution < 1.29 is 9.53 Å². The Hall–Kier alpha value is -0.780. The third-order valence-corrected chi connectivity index (χ3v) is 2.42. The molecule has 0 fully saturated rings. The minimum atomic E-state index is -0.128. The average Bonchev–Trinajstić information content (AvgIpc) is 2.29. The van der Waals surface area contributed by atoms with Crippen LogP contribution in [-0.2, 0) is 4.79 Å². The van der Waals surface area contributed by atoms with E-state index in [4.69, 9.17) is 10.5 Å². The van der Waals surface area contributed by atoms with E-state index in [-0.39, 0.29) is 24.9 Å². The van der Waals surface area contributed by atoms with Gasteiger partial charge in [-0.05, 0) is 37.2 Å². The number of ether oxygens (including phenoxy) is 1. The molecular formula is C11H16BrClN2O2. The van der Waals surface area contributed by atoms with Crippen LogP contribution in [0.2, 0.25) is 0 Å². The van der Waals surface area contributed by atoms with Crippen molar-refractivity contribution in [2.24, 2.45) is 5.73 Å². The molecule has 1 aromatic rings. The first-order chi connectivity index (χ1) is 7.72.